The summed E-state index contributed by atoms with van der Waals surface area (Å²) in [7, 11) is 2.02. The molecule has 0 atom stereocenters. The Hall–Kier alpha value is -2.27. The van der Waals surface area contributed by atoms with Gasteiger partial charge in [-0.3, -0.25) is 0 Å². The maximum absolute atomic E-state index is 4.59. The summed E-state index contributed by atoms with van der Waals surface area (Å²) in [5, 5.41) is 0. The maximum Gasteiger partial charge on any atom is 0.186 e. The predicted octanol–water partition coefficient (Wildman–Crippen LogP) is 4.37. The highest BCUT2D eigenvalue weighted by Crippen LogP contribution is 2.21. The highest BCUT2D eigenvalue weighted by atomic mass is 15.0. The van der Waals surface area contributed by atoms with Crippen LogP contribution < -0.4 is 0 Å². The first-order valence-corrected chi connectivity index (χ1v) is 7.60. The second-order valence-electron chi connectivity index (χ2n) is 5.50. The number of para-hydroxylation sites is 2. The van der Waals surface area contributed by atoms with Gasteiger partial charge in [0.2, 0.25) is 0 Å². The van der Waals surface area contributed by atoms with Crippen LogP contribution in [-0.4, -0.2) is 9.55 Å². The van der Waals surface area contributed by atoms with Crippen LogP contribution >= 0.6 is 0 Å². The molecule has 1 aliphatic rings. The third-order valence-electron chi connectivity index (χ3n) is 3.93. The Morgan fingerprint density at radius 3 is 2.71 bits per heavy atom. The fraction of sp³-hybridized carbons (Fsp3) is 0.316. The van der Waals surface area contributed by atoms with Crippen molar-refractivity contribution in [1.29, 1.82) is 0 Å². The number of benzene rings is 1. The Kier molecular flexibility index (Phi) is 3.92. The van der Waals surface area contributed by atoms with Crippen LogP contribution in [0.4, 0.5) is 0 Å². The SMILES string of the molecule is CCCC1=CC=C(C#Cc2nc3ccccc3n2C)CC1. The molecule has 0 aliphatic heterocycles. The van der Waals surface area contributed by atoms with Crippen molar-refractivity contribution >= 4 is 11.0 Å². The third-order valence-corrected chi connectivity index (χ3v) is 3.93. The molecule has 0 spiro atoms. The third kappa shape index (κ3) is 2.92. The first kappa shape index (κ1) is 13.7. The van der Waals surface area contributed by atoms with Gasteiger partial charge in [-0.1, -0.05) is 49.1 Å². The van der Waals surface area contributed by atoms with Crippen LogP contribution in [0.3, 0.4) is 0 Å². The van der Waals surface area contributed by atoms with Crippen molar-refractivity contribution in [3.05, 3.63) is 53.4 Å². The van der Waals surface area contributed by atoms with Crippen LogP contribution in [0.2, 0.25) is 0 Å². The van der Waals surface area contributed by atoms with Gasteiger partial charge in [-0.2, -0.15) is 0 Å². The van der Waals surface area contributed by atoms with Gasteiger partial charge >= 0.3 is 0 Å². The predicted molar refractivity (Wildman–Crippen MR) is 87.9 cm³/mol. The van der Waals surface area contributed by atoms with E-state index in [2.05, 4.69) is 46.5 Å². The van der Waals surface area contributed by atoms with Crippen molar-refractivity contribution in [3.63, 3.8) is 0 Å². The minimum Gasteiger partial charge on any atom is -0.320 e. The number of allylic oxidation sites excluding steroid dienone is 4. The van der Waals surface area contributed by atoms with Crippen LogP contribution in [0.5, 0.6) is 0 Å². The van der Waals surface area contributed by atoms with Gasteiger partial charge in [-0.25, -0.2) is 4.98 Å². The van der Waals surface area contributed by atoms with E-state index in [0.29, 0.717) is 0 Å². The number of rotatable bonds is 2. The van der Waals surface area contributed by atoms with Gasteiger partial charge in [-0.15, -0.1) is 0 Å². The fourth-order valence-electron chi connectivity index (χ4n) is 2.71. The van der Waals surface area contributed by atoms with Gasteiger partial charge in [0.15, 0.2) is 5.82 Å². The van der Waals surface area contributed by atoms with E-state index in [1.165, 1.54) is 18.4 Å². The van der Waals surface area contributed by atoms with E-state index in [0.717, 1.165) is 29.7 Å². The molecule has 1 aliphatic carbocycles. The lowest BCUT2D eigenvalue weighted by Crippen LogP contribution is -1.94. The number of aryl methyl sites for hydroxylation is 1. The van der Waals surface area contributed by atoms with E-state index in [1.807, 2.05) is 25.2 Å². The van der Waals surface area contributed by atoms with E-state index < -0.39 is 0 Å². The average molecular weight is 276 g/mol. The molecule has 0 fully saturated rings. The van der Waals surface area contributed by atoms with Crippen LogP contribution in [-0.2, 0) is 7.05 Å². The summed E-state index contributed by atoms with van der Waals surface area (Å²) in [6.45, 7) is 2.23. The molecule has 0 saturated carbocycles. The lowest BCUT2D eigenvalue weighted by atomic mass is 9.96. The minimum atomic E-state index is 0.834. The summed E-state index contributed by atoms with van der Waals surface area (Å²) in [6.07, 6.45) is 9.05. The molecule has 0 bridgehead atoms. The Balaban J connectivity index is 1.85. The first-order valence-electron chi connectivity index (χ1n) is 7.60. The van der Waals surface area contributed by atoms with Crippen molar-refractivity contribution in [2.45, 2.75) is 32.6 Å². The van der Waals surface area contributed by atoms with Crippen molar-refractivity contribution < 1.29 is 0 Å². The molecule has 0 N–H and O–H groups in total. The second kappa shape index (κ2) is 6.01. The molecule has 0 amide bonds. The molecule has 1 aromatic carbocycles. The van der Waals surface area contributed by atoms with E-state index in [9.17, 15) is 0 Å². The Morgan fingerprint density at radius 2 is 2.00 bits per heavy atom. The summed E-state index contributed by atoms with van der Waals surface area (Å²) in [5.41, 5.74) is 4.89. The van der Waals surface area contributed by atoms with Gasteiger partial charge < -0.3 is 4.57 Å². The van der Waals surface area contributed by atoms with Gasteiger partial charge in [0.25, 0.3) is 0 Å². The molecular weight excluding hydrogens is 256 g/mol. The van der Waals surface area contributed by atoms with Crippen molar-refractivity contribution in [3.8, 4) is 11.8 Å². The number of nitrogens with zero attached hydrogens (tertiary/aromatic N) is 2. The molecule has 0 unspecified atom stereocenters. The highest BCUT2D eigenvalue weighted by molar-refractivity contribution is 5.76. The second-order valence-corrected chi connectivity index (χ2v) is 5.50. The highest BCUT2D eigenvalue weighted by Gasteiger charge is 2.06. The standard InChI is InChI=1S/C19H20N2/c1-3-6-15-9-11-16(12-10-15)13-14-19-20-17-7-4-5-8-18(17)21(19)2/h4-5,7-9,11H,3,6,10,12H2,1-2H3. The smallest absolute Gasteiger partial charge is 0.186 e. The summed E-state index contributed by atoms with van der Waals surface area (Å²) in [5.74, 6) is 7.34. The lowest BCUT2D eigenvalue weighted by Gasteiger charge is -2.09. The quantitative estimate of drug-likeness (QED) is 0.745. The zero-order chi connectivity index (χ0) is 14.7. The number of fused-ring (bicyclic) bond motifs is 1. The number of hydrogen-bond donors (Lipinski definition) is 0. The van der Waals surface area contributed by atoms with E-state index in [-0.39, 0.29) is 0 Å². The van der Waals surface area contributed by atoms with Crippen LogP contribution in [0, 0.1) is 11.8 Å². The van der Waals surface area contributed by atoms with Crippen molar-refractivity contribution in [1.82, 2.24) is 9.55 Å². The fourth-order valence-corrected chi connectivity index (χ4v) is 2.71. The van der Waals surface area contributed by atoms with Crippen molar-refractivity contribution in [2.75, 3.05) is 0 Å². The molecule has 1 heterocycles. The zero-order valence-corrected chi connectivity index (χ0v) is 12.7. The summed E-state index contributed by atoms with van der Waals surface area (Å²) in [6, 6.07) is 8.15. The van der Waals surface area contributed by atoms with Crippen LogP contribution in [0.25, 0.3) is 11.0 Å². The van der Waals surface area contributed by atoms with Gasteiger partial charge in [-0.05, 0) is 37.3 Å². The molecule has 106 valence electrons. The Bertz CT molecular complexity index is 779. The van der Waals surface area contributed by atoms with Crippen LogP contribution in [0.15, 0.2) is 47.6 Å². The summed E-state index contributed by atoms with van der Waals surface area (Å²) in [4.78, 5) is 4.59. The number of hydrogen-bond acceptors (Lipinski definition) is 1. The summed E-state index contributed by atoms with van der Waals surface area (Å²) >= 11 is 0. The topological polar surface area (TPSA) is 17.8 Å². The molecule has 2 nitrogen and oxygen atoms in total. The molecule has 1 aromatic heterocycles. The average Bonchev–Trinajstić information content (AvgIpc) is 2.84. The lowest BCUT2D eigenvalue weighted by molar-refractivity contribution is 0.811. The number of aromatic nitrogens is 2. The van der Waals surface area contributed by atoms with Gasteiger partial charge in [0.1, 0.15) is 0 Å². The van der Waals surface area contributed by atoms with E-state index in [1.54, 1.807) is 5.57 Å². The van der Waals surface area contributed by atoms with Crippen molar-refractivity contribution in [2.24, 2.45) is 7.05 Å². The van der Waals surface area contributed by atoms with E-state index >= 15 is 0 Å². The first-order chi connectivity index (χ1) is 10.3. The van der Waals surface area contributed by atoms with Crippen LogP contribution in [0.1, 0.15) is 38.4 Å². The monoisotopic (exact) mass is 276 g/mol. The molecule has 21 heavy (non-hydrogen) atoms. The van der Waals surface area contributed by atoms with E-state index in [4.69, 9.17) is 0 Å². The maximum atomic E-state index is 4.59. The largest absolute Gasteiger partial charge is 0.320 e. The molecular formula is C19H20N2. The minimum absolute atomic E-state index is 0.834. The Morgan fingerprint density at radius 1 is 1.14 bits per heavy atom. The molecule has 3 rings (SSSR count). The Labute approximate surface area is 126 Å². The molecule has 2 heteroatoms. The molecule has 2 aromatic rings. The normalized spacial score (nSPS) is 14.4. The molecule has 0 radical (unpaired) electrons. The zero-order valence-electron chi connectivity index (χ0n) is 12.7. The molecule has 0 saturated heterocycles. The summed E-state index contributed by atoms with van der Waals surface area (Å²) < 4.78 is 2.06. The van der Waals surface area contributed by atoms with Gasteiger partial charge in [0.05, 0.1) is 11.0 Å². The number of imidazole rings is 1. The van der Waals surface area contributed by atoms with Gasteiger partial charge in [0, 0.05) is 12.6 Å².